The lowest BCUT2D eigenvalue weighted by atomic mass is 10.1. The molecule has 4 heteroatoms. The lowest BCUT2D eigenvalue weighted by Gasteiger charge is -2.03. The van der Waals surface area contributed by atoms with E-state index in [0.29, 0.717) is 17.2 Å². The third-order valence-corrected chi connectivity index (χ3v) is 3.89. The average Bonchev–Trinajstić information content (AvgIpc) is 2.76. The first kappa shape index (κ1) is 13.6. The van der Waals surface area contributed by atoms with Crippen LogP contribution < -0.4 is 5.73 Å². The predicted octanol–water partition coefficient (Wildman–Crippen LogP) is 3.43. The van der Waals surface area contributed by atoms with Crippen LogP contribution in [0.1, 0.15) is 26.5 Å². The molecular weight excluding hydrogens is 258 g/mol. The molecule has 1 heterocycles. The fourth-order valence-corrected chi connectivity index (χ4v) is 2.59. The van der Waals surface area contributed by atoms with E-state index in [-0.39, 0.29) is 5.97 Å². The van der Waals surface area contributed by atoms with Crippen LogP contribution in [0.25, 0.3) is 0 Å². The van der Waals surface area contributed by atoms with E-state index in [1.54, 1.807) is 6.07 Å². The van der Waals surface area contributed by atoms with Gasteiger partial charge >= 0.3 is 5.97 Å². The first-order valence-electron chi connectivity index (χ1n) is 6.24. The minimum absolute atomic E-state index is 0.280. The molecule has 0 unspecified atom stereocenters. The van der Waals surface area contributed by atoms with Crippen LogP contribution in [0.5, 0.6) is 0 Å². The second-order valence-corrected chi connectivity index (χ2v) is 5.60. The number of rotatable bonds is 5. The Labute approximate surface area is 117 Å². The predicted molar refractivity (Wildman–Crippen MR) is 78.5 cm³/mol. The van der Waals surface area contributed by atoms with E-state index in [0.717, 1.165) is 17.7 Å². The number of benzene rings is 1. The smallest absolute Gasteiger partial charge is 0.348 e. The van der Waals surface area contributed by atoms with Crippen LogP contribution in [-0.2, 0) is 11.2 Å². The maximum atomic E-state index is 11.8. The Morgan fingerprint density at radius 1 is 1.32 bits per heavy atom. The third-order valence-electron chi connectivity index (χ3n) is 2.84. The van der Waals surface area contributed by atoms with Gasteiger partial charge in [0.15, 0.2) is 0 Å². The maximum absolute atomic E-state index is 11.8. The van der Waals surface area contributed by atoms with Gasteiger partial charge in [-0.2, -0.15) is 0 Å². The SMILES string of the molecule is Cc1sc(C(=O)OCCCc2ccccc2)cc1N. The van der Waals surface area contributed by atoms with Crippen molar-refractivity contribution >= 4 is 23.0 Å². The number of thiophene rings is 1. The van der Waals surface area contributed by atoms with Crippen LogP contribution in [0.2, 0.25) is 0 Å². The summed E-state index contributed by atoms with van der Waals surface area (Å²) in [7, 11) is 0. The van der Waals surface area contributed by atoms with Crippen LogP contribution in [-0.4, -0.2) is 12.6 Å². The molecule has 1 aromatic carbocycles. The number of nitrogen functional groups attached to an aromatic ring is 1. The third kappa shape index (κ3) is 3.83. The van der Waals surface area contributed by atoms with E-state index < -0.39 is 0 Å². The average molecular weight is 275 g/mol. The number of hydrogen-bond acceptors (Lipinski definition) is 4. The largest absolute Gasteiger partial charge is 0.461 e. The Morgan fingerprint density at radius 2 is 2.05 bits per heavy atom. The quantitative estimate of drug-likeness (QED) is 0.672. The van der Waals surface area contributed by atoms with E-state index in [9.17, 15) is 4.79 Å². The van der Waals surface area contributed by atoms with Crippen molar-refractivity contribution in [3.63, 3.8) is 0 Å². The van der Waals surface area contributed by atoms with Crippen molar-refractivity contribution in [2.24, 2.45) is 0 Å². The molecule has 0 bridgehead atoms. The second-order valence-electron chi connectivity index (χ2n) is 4.35. The summed E-state index contributed by atoms with van der Waals surface area (Å²) < 4.78 is 5.23. The van der Waals surface area contributed by atoms with Gasteiger partial charge in [0.1, 0.15) is 4.88 Å². The molecule has 0 aliphatic heterocycles. The fourth-order valence-electron chi connectivity index (χ4n) is 1.75. The van der Waals surface area contributed by atoms with E-state index in [1.807, 2.05) is 25.1 Å². The molecule has 2 rings (SSSR count). The fraction of sp³-hybridized carbons (Fsp3) is 0.267. The molecule has 3 nitrogen and oxygen atoms in total. The molecule has 2 N–H and O–H groups in total. The van der Waals surface area contributed by atoms with Crippen LogP contribution in [0.4, 0.5) is 5.69 Å². The normalized spacial score (nSPS) is 10.4. The monoisotopic (exact) mass is 275 g/mol. The van der Waals surface area contributed by atoms with Gasteiger partial charge in [-0.15, -0.1) is 11.3 Å². The van der Waals surface area contributed by atoms with Gasteiger partial charge in [0.25, 0.3) is 0 Å². The summed E-state index contributed by atoms with van der Waals surface area (Å²) in [6.07, 6.45) is 1.75. The van der Waals surface area contributed by atoms with Gasteiger partial charge in [0.2, 0.25) is 0 Å². The molecule has 0 aliphatic carbocycles. The van der Waals surface area contributed by atoms with Crippen molar-refractivity contribution in [2.75, 3.05) is 12.3 Å². The van der Waals surface area contributed by atoms with Crippen molar-refractivity contribution in [2.45, 2.75) is 19.8 Å². The molecule has 0 atom stereocenters. The Bertz CT molecular complexity index is 529. The summed E-state index contributed by atoms with van der Waals surface area (Å²) in [5.74, 6) is -0.280. The molecule has 1 aromatic heterocycles. The molecule has 0 amide bonds. The molecule has 2 aromatic rings. The van der Waals surface area contributed by atoms with Crippen LogP contribution in [0.15, 0.2) is 36.4 Å². The molecule has 0 radical (unpaired) electrons. The number of anilines is 1. The zero-order chi connectivity index (χ0) is 13.7. The van der Waals surface area contributed by atoms with Crippen LogP contribution in [0, 0.1) is 6.92 Å². The van der Waals surface area contributed by atoms with Gasteiger partial charge in [-0.05, 0) is 31.4 Å². The van der Waals surface area contributed by atoms with E-state index in [2.05, 4.69) is 12.1 Å². The van der Waals surface area contributed by atoms with E-state index in [4.69, 9.17) is 10.5 Å². The molecule has 0 aliphatic rings. The van der Waals surface area contributed by atoms with Gasteiger partial charge in [0.05, 0.1) is 6.61 Å². The summed E-state index contributed by atoms with van der Waals surface area (Å²) in [6.45, 7) is 2.33. The van der Waals surface area contributed by atoms with Crippen molar-refractivity contribution in [1.82, 2.24) is 0 Å². The Balaban J connectivity index is 1.75. The molecule has 0 fully saturated rings. The number of carbonyl (C=O) groups is 1. The van der Waals surface area contributed by atoms with E-state index >= 15 is 0 Å². The highest BCUT2D eigenvalue weighted by Gasteiger charge is 2.11. The van der Waals surface area contributed by atoms with Crippen molar-refractivity contribution < 1.29 is 9.53 Å². The minimum Gasteiger partial charge on any atom is -0.461 e. The zero-order valence-corrected chi connectivity index (χ0v) is 11.7. The number of ether oxygens (including phenoxy) is 1. The summed E-state index contributed by atoms with van der Waals surface area (Å²) in [6, 6.07) is 11.8. The molecule has 0 spiro atoms. The summed E-state index contributed by atoms with van der Waals surface area (Å²) in [5.41, 5.74) is 7.62. The van der Waals surface area contributed by atoms with Crippen LogP contribution >= 0.6 is 11.3 Å². The summed E-state index contributed by atoms with van der Waals surface area (Å²) in [5, 5.41) is 0. The van der Waals surface area contributed by atoms with Gasteiger partial charge < -0.3 is 10.5 Å². The second kappa shape index (κ2) is 6.38. The van der Waals surface area contributed by atoms with Gasteiger partial charge in [-0.25, -0.2) is 4.79 Å². The highest BCUT2D eigenvalue weighted by atomic mass is 32.1. The van der Waals surface area contributed by atoms with Gasteiger partial charge in [-0.1, -0.05) is 30.3 Å². The number of carbonyl (C=O) groups excluding carboxylic acids is 1. The maximum Gasteiger partial charge on any atom is 0.348 e. The van der Waals surface area contributed by atoms with Crippen LogP contribution in [0.3, 0.4) is 0 Å². The summed E-state index contributed by atoms with van der Waals surface area (Å²) >= 11 is 1.38. The number of hydrogen-bond donors (Lipinski definition) is 1. The molecule has 0 saturated heterocycles. The first-order valence-corrected chi connectivity index (χ1v) is 7.05. The Kier molecular flexibility index (Phi) is 4.58. The number of aryl methyl sites for hydroxylation is 2. The van der Waals surface area contributed by atoms with Gasteiger partial charge in [0, 0.05) is 10.6 Å². The highest BCUT2D eigenvalue weighted by Crippen LogP contribution is 2.23. The first-order chi connectivity index (χ1) is 9.16. The number of nitrogens with two attached hydrogens (primary N) is 1. The molecule has 0 saturated carbocycles. The minimum atomic E-state index is -0.280. The zero-order valence-electron chi connectivity index (χ0n) is 10.9. The van der Waals surface area contributed by atoms with E-state index in [1.165, 1.54) is 16.9 Å². The highest BCUT2D eigenvalue weighted by molar-refractivity contribution is 7.14. The van der Waals surface area contributed by atoms with Gasteiger partial charge in [-0.3, -0.25) is 0 Å². The Hall–Kier alpha value is -1.81. The molecular formula is C15H17NO2S. The van der Waals surface area contributed by atoms with Crippen molar-refractivity contribution in [1.29, 1.82) is 0 Å². The molecule has 19 heavy (non-hydrogen) atoms. The summed E-state index contributed by atoms with van der Waals surface area (Å²) in [4.78, 5) is 13.3. The lowest BCUT2D eigenvalue weighted by molar-refractivity contribution is 0.0506. The topological polar surface area (TPSA) is 52.3 Å². The number of esters is 1. The lowest BCUT2D eigenvalue weighted by Crippen LogP contribution is -2.05. The van der Waals surface area contributed by atoms with Crippen molar-refractivity contribution in [3.8, 4) is 0 Å². The van der Waals surface area contributed by atoms with Crippen molar-refractivity contribution in [3.05, 3.63) is 51.7 Å². The Morgan fingerprint density at radius 3 is 2.68 bits per heavy atom. The molecule has 100 valence electrons. The standard InChI is InChI=1S/C15H17NO2S/c1-11-13(16)10-14(19-11)15(17)18-9-5-8-12-6-3-2-4-7-12/h2-4,6-7,10H,5,8-9,16H2,1H3.